The molecule has 0 aliphatic heterocycles. The summed E-state index contributed by atoms with van der Waals surface area (Å²) in [6, 6.07) is 0. The minimum atomic E-state index is -0.954. The number of carbonyl (C=O) groups is 3. The van der Waals surface area contributed by atoms with Crippen LogP contribution in [0.5, 0.6) is 0 Å². The normalized spacial score (nSPS) is 11.5. The Morgan fingerprint density at radius 2 is 0.846 bits per heavy atom. The zero-order valence-corrected chi connectivity index (χ0v) is 24.9. The second-order valence-electron chi connectivity index (χ2n) is 10.6. The van der Waals surface area contributed by atoms with Gasteiger partial charge in [0.1, 0.15) is 12.7 Å². The molecule has 0 aromatic rings. The van der Waals surface area contributed by atoms with Crippen molar-refractivity contribution < 1.29 is 39.5 Å². The molecule has 0 aromatic carbocycles. The van der Waals surface area contributed by atoms with E-state index in [0.29, 0.717) is 6.42 Å². The van der Waals surface area contributed by atoms with Gasteiger partial charge < -0.3 is 25.2 Å². The van der Waals surface area contributed by atoms with Crippen molar-refractivity contribution in [1.29, 1.82) is 0 Å². The number of carboxylic acids is 2. The van der Waals surface area contributed by atoms with Crippen LogP contribution >= 0.6 is 0 Å². The summed E-state index contributed by atoms with van der Waals surface area (Å²) in [4.78, 5) is 31.7. The first-order valence-electron chi connectivity index (χ1n) is 15.7. The molecule has 1 unspecified atom stereocenters. The molecule has 0 fully saturated rings. The maximum atomic E-state index is 11.4. The first kappa shape index (κ1) is 39.5. The number of esters is 1. The quantitative estimate of drug-likeness (QED) is 0.0572. The van der Waals surface area contributed by atoms with Crippen molar-refractivity contribution >= 4 is 17.9 Å². The molecule has 8 nitrogen and oxygen atoms in total. The summed E-state index contributed by atoms with van der Waals surface area (Å²) in [5.41, 5.74) is 0. The van der Waals surface area contributed by atoms with Crippen LogP contribution < -0.4 is 0 Å². The SMILES string of the molecule is CCCCCCCCCCCCCCCCCC(=O)OCC(O)CO.O=C(O)CCCCCCCCC(=O)O. The summed E-state index contributed by atoms with van der Waals surface area (Å²) in [6.07, 6.45) is 24.9. The molecule has 0 spiro atoms. The van der Waals surface area contributed by atoms with E-state index in [4.69, 9.17) is 25.2 Å². The van der Waals surface area contributed by atoms with Gasteiger partial charge in [0, 0.05) is 19.3 Å². The maximum absolute atomic E-state index is 11.4. The predicted molar refractivity (Wildman–Crippen MR) is 156 cm³/mol. The molecule has 0 saturated heterocycles. The highest BCUT2D eigenvalue weighted by molar-refractivity contribution is 5.69. The van der Waals surface area contributed by atoms with Crippen LogP contribution in [0.25, 0.3) is 0 Å². The number of aliphatic carboxylic acids is 2. The van der Waals surface area contributed by atoms with Gasteiger partial charge in [0.05, 0.1) is 6.61 Å². The molecule has 0 aliphatic carbocycles. The van der Waals surface area contributed by atoms with Crippen molar-refractivity contribution in [3.63, 3.8) is 0 Å². The van der Waals surface area contributed by atoms with Crippen molar-refractivity contribution in [2.24, 2.45) is 0 Å². The first-order valence-corrected chi connectivity index (χ1v) is 15.7. The van der Waals surface area contributed by atoms with E-state index < -0.39 is 18.0 Å². The van der Waals surface area contributed by atoms with Gasteiger partial charge in [0.2, 0.25) is 0 Å². The second-order valence-corrected chi connectivity index (χ2v) is 10.6. The number of aliphatic hydroxyl groups excluding tert-OH is 2. The lowest BCUT2D eigenvalue weighted by atomic mass is 10.0. The molecule has 1 atom stereocenters. The molecular formula is C31H60O8. The zero-order chi connectivity index (χ0) is 29.4. The molecular weight excluding hydrogens is 500 g/mol. The highest BCUT2D eigenvalue weighted by Crippen LogP contribution is 2.14. The van der Waals surface area contributed by atoms with E-state index in [0.717, 1.165) is 51.4 Å². The summed E-state index contributed by atoms with van der Waals surface area (Å²) in [5, 5.41) is 34.4. The zero-order valence-electron chi connectivity index (χ0n) is 24.9. The Balaban J connectivity index is 0. The van der Waals surface area contributed by atoms with E-state index in [9.17, 15) is 14.4 Å². The lowest BCUT2D eigenvalue weighted by molar-refractivity contribution is -0.147. The van der Waals surface area contributed by atoms with E-state index in [1.807, 2.05) is 0 Å². The van der Waals surface area contributed by atoms with Crippen molar-refractivity contribution in [3.05, 3.63) is 0 Å². The number of hydrogen-bond acceptors (Lipinski definition) is 6. The van der Waals surface area contributed by atoms with Crippen molar-refractivity contribution in [1.82, 2.24) is 0 Å². The Hall–Kier alpha value is -1.67. The topological polar surface area (TPSA) is 141 Å². The van der Waals surface area contributed by atoms with Crippen LogP contribution in [0.4, 0.5) is 0 Å². The van der Waals surface area contributed by atoms with E-state index in [1.54, 1.807) is 0 Å². The van der Waals surface area contributed by atoms with E-state index in [-0.39, 0.29) is 32.0 Å². The molecule has 0 amide bonds. The Kier molecular flexibility index (Phi) is 32.9. The summed E-state index contributed by atoms with van der Waals surface area (Å²) < 4.78 is 4.86. The number of rotatable bonds is 28. The minimum absolute atomic E-state index is 0.103. The standard InChI is InChI=1S/C21H42O4.C10H18O4/c1-2-3-4-5-6-7-8-9-10-11-12-13-14-15-16-17-21(24)25-19-20(23)18-22;11-9(12)7-5-3-1-2-4-6-8-10(13)14/h20,22-23H,2-19H2,1H3;1-8H2,(H,11,12)(H,13,14). The van der Waals surface area contributed by atoms with Gasteiger partial charge in [0.25, 0.3) is 0 Å². The van der Waals surface area contributed by atoms with Gasteiger partial charge in [-0.05, 0) is 19.3 Å². The van der Waals surface area contributed by atoms with Crippen LogP contribution in [0.3, 0.4) is 0 Å². The Morgan fingerprint density at radius 3 is 1.15 bits per heavy atom. The van der Waals surface area contributed by atoms with E-state index in [1.165, 1.54) is 83.5 Å². The number of carboxylic acid groups (broad SMARTS) is 2. The molecule has 0 saturated carbocycles. The number of hydrogen-bond donors (Lipinski definition) is 4. The third kappa shape index (κ3) is 38.5. The van der Waals surface area contributed by atoms with E-state index in [2.05, 4.69) is 6.92 Å². The monoisotopic (exact) mass is 560 g/mol. The van der Waals surface area contributed by atoms with Crippen LogP contribution in [0, 0.1) is 0 Å². The van der Waals surface area contributed by atoms with Crippen molar-refractivity contribution in [2.45, 2.75) is 167 Å². The molecule has 232 valence electrons. The Bertz CT molecular complexity index is 533. The largest absolute Gasteiger partial charge is 0.481 e. The Labute approximate surface area is 237 Å². The minimum Gasteiger partial charge on any atom is -0.481 e. The summed E-state index contributed by atoms with van der Waals surface area (Å²) in [5.74, 6) is -1.76. The average Bonchev–Trinajstić information content (AvgIpc) is 2.91. The fourth-order valence-electron chi connectivity index (χ4n) is 4.21. The van der Waals surface area contributed by atoms with Crippen LogP contribution in [0.2, 0.25) is 0 Å². The van der Waals surface area contributed by atoms with Gasteiger partial charge >= 0.3 is 17.9 Å². The van der Waals surface area contributed by atoms with Crippen LogP contribution in [-0.2, 0) is 19.1 Å². The van der Waals surface area contributed by atoms with Crippen molar-refractivity contribution in [3.8, 4) is 0 Å². The summed E-state index contributed by atoms with van der Waals surface area (Å²) in [6.45, 7) is 1.79. The highest BCUT2D eigenvalue weighted by Gasteiger charge is 2.07. The predicted octanol–water partition coefficient (Wildman–Crippen LogP) is 7.42. The van der Waals surface area contributed by atoms with Gasteiger partial charge in [-0.15, -0.1) is 0 Å². The van der Waals surface area contributed by atoms with Crippen LogP contribution in [0.15, 0.2) is 0 Å². The first-order chi connectivity index (χ1) is 18.8. The molecule has 0 aromatic heterocycles. The molecule has 8 heteroatoms. The van der Waals surface area contributed by atoms with Crippen LogP contribution in [-0.4, -0.2) is 57.7 Å². The molecule has 0 radical (unpaired) electrons. The molecule has 0 heterocycles. The summed E-state index contributed by atoms with van der Waals surface area (Å²) >= 11 is 0. The lowest BCUT2D eigenvalue weighted by Gasteiger charge is -2.08. The summed E-state index contributed by atoms with van der Waals surface area (Å²) in [7, 11) is 0. The van der Waals surface area contributed by atoms with Gasteiger partial charge in [0.15, 0.2) is 0 Å². The lowest BCUT2D eigenvalue weighted by Crippen LogP contribution is -2.21. The maximum Gasteiger partial charge on any atom is 0.305 e. The smallest absolute Gasteiger partial charge is 0.305 e. The van der Waals surface area contributed by atoms with Gasteiger partial charge in [-0.25, -0.2) is 0 Å². The van der Waals surface area contributed by atoms with Gasteiger partial charge in [-0.3, -0.25) is 14.4 Å². The number of carbonyl (C=O) groups excluding carboxylic acids is 1. The molecule has 0 aliphatic rings. The van der Waals surface area contributed by atoms with E-state index >= 15 is 0 Å². The van der Waals surface area contributed by atoms with Gasteiger partial charge in [-0.2, -0.15) is 0 Å². The molecule has 0 bridgehead atoms. The fraction of sp³-hybridized carbons (Fsp3) is 0.903. The highest BCUT2D eigenvalue weighted by atomic mass is 16.5. The third-order valence-corrected chi connectivity index (χ3v) is 6.66. The molecule has 39 heavy (non-hydrogen) atoms. The Morgan fingerprint density at radius 1 is 0.538 bits per heavy atom. The van der Waals surface area contributed by atoms with Crippen LogP contribution in [0.1, 0.15) is 161 Å². The average molecular weight is 561 g/mol. The third-order valence-electron chi connectivity index (χ3n) is 6.66. The number of ether oxygens (including phenoxy) is 1. The molecule has 0 rings (SSSR count). The molecule has 4 N–H and O–H groups in total. The number of unbranched alkanes of at least 4 members (excludes halogenated alkanes) is 19. The van der Waals surface area contributed by atoms with Crippen molar-refractivity contribution in [2.75, 3.05) is 13.2 Å². The number of aliphatic hydroxyl groups is 2. The fourth-order valence-corrected chi connectivity index (χ4v) is 4.21. The van der Waals surface area contributed by atoms with Gasteiger partial charge in [-0.1, -0.05) is 122 Å². The second kappa shape index (κ2) is 32.5.